The van der Waals surface area contributed by atoms with E-state index in [1.807, 2.05) is 25.1 Å². The van der Waals surface area contributed by atoms with Gasteiger partial charge in [0.25, 0.3) is 0 Å². The largest absolute Gasteiger partial charge is 0.237 e. The molecule has 0 heterocycles. The number of isocyanates is 1. The molecule has 0 N–H and O–H groups in total. The van der Waals surface area contributed by atoms with E-state index < -0.39 is 6.30 Å². The zero-order chi connectivity index (χ0) is 9.68. The van der Waals surface area contributed by atoms with Crippen molar-refractivity contribution in [2.24, 2.45) is 4.99 Å². The standard InChI is InChI=1S/C10H10FNO/c1-8-3-2-4-9(5-8)6-10(11)12-7-13/h2-5,10H,6H2,1H3. The van der Waals surface area contributed by atoms with Crippen molar-refractivity contribution in [1.29, 1.82) is 0 Å². The highest BCUT2D eigenvalue weighted by molar-refractivity contribution is 5.33. The highest BCUT2D eigenvalue weighted by Gasteiger charge is 2.04. The monoisotopic (exact) mass is 179 g/mol. The number of nitrogens with zero attached hydrogens (tertiary/aromatic N) is 1. The van der Waals surface area contributed by atoms with Gasteiger partial charge >= 0.3 is 0 Å². The molecule has 0 aromatic heterocycles. The van der Waals surface area contributed by atoms with Crippen LogP contribution in [0.1, 0.15) is 11.1 Å². The lowest BCUT2D eigenvalue weighted by Gasteiger charge is -2.01. The van der Waals surface area contributed by atoms with Gasteiger partial charge in [-0.15, -0.1) is 0 Å². The van der Waals surface area contributed by atoms with Gasteiger partial charge in [0.15, 0.2) is 0 Å². The maximum absolute atomic E-state index is 12.8. The maximum atomic E-state index is 12.8. The molecule has 0 spiro atoms. The van der Waals surface area contributed by atoms with Gasteiger partial charge in [-0.1, -0.05) is 29.8 Å². The molecule has 1 aromatic carbocycles. The van der Waals surface area contributed by atoms with E-state index in [4.69, 9.17) is 0 Å². The first-order valence-electron chi connectivity index (χ1n) is 3.99. The maximum Gasteiger partial charge on any atom is 0.237 e. The van der Waals surface area contributed by atoms with Crippen LogP contribution in [0.3, 0.4) is 0 Å². The summed E-state index contributed by atoms with van der Waals surface area (Å²) >= 11 is 0. The molecule has 68 valence electrons. The zero-order valence-electron chi connectivity index (χ0n) is 7.33. The molecule has 0 radical (unpaired) electrons. The molecule has 1 rings (SSSR count). The molecule has 0 amide bonds. The predicted molar refractivity (Wildman–Crippen MR) is 47.9 cm³/mol. The molecule has 0 aliphatic heterocycles. The molecule has 13 heavy (non-hydrogen) atoms. The third kappa shape index (κ3) is 3.18. The van der Waals surface area contributed by atoms with Crippen molar-refractivity contribution in [3.05, 3.63) is 35.4 Å². The molecule has 0 saturated heterocycles. The number of hydrogen-bond acceptors (Lipinski definition) is 2. The highest BCUT2D eigenvalue weighted by atomic mass is 19.1. The number of benzene rings is 1. The summed E-state index contributed by atoms with van der Waals surface area (Å²) in [7, 11) is 0. The van der Waals surface area contributed by atoms with Crippen LogP contribution in [0.15, 0.2) is 29.3 Å². The summed E-state index contributed by atoms with van der Waals surface area (Å²) in [6.45, 7) is 1.93. The molecule has 1 unspecified atom stereocenters. The van der Waals surface area contributed by atoms with Crippen molar-refractivity contribution in [3.8, 4) is 0 Å². The van der Waals surface area contributed by atoms with Crippen LogP contribution in [0.4, 0.5) is 4.39 Å². The first-order chi connectivity index (χ1) is 6.22. The quantitative estimate of drug-likeness (QED) is 0.397. The summed E-state index contributed by atoms with van der Waals surface area (Å²) in [6, 6.07) is 7.45. The Morgan fingerprint density at radius 1 is 1.62 bits per heavy atom. The summed E-state index contributed by atoms with van der Waals surface area (Å²) in [5, 5.41) is 0. The van der Waals surface area contributed by atoms with E-state index in [0.717, 1.165) is 11.1 Å². The first kappa shape index (κ1) is 9.62. The Labute approximate surface area is 76.1 Å². The third-order valence-electron chi connectivity index (χ3n) is 1.68. The van der Waals surface area contributed by atoms with E-state index in [-0.39, 0.29) is 6.42 Å². The normalized spacial score (nSPS) is 11.8. The molecule has 2 nitrogen and oxygen atoms in total. The van der Waals surface area contributed by atoms with Gasteiger partial charge < -0.3 is 0 Å². The average Bonchev–Trinajstić information content (AvgIpc) is 2.04. The summed E-state index contributed by atoms with van der Waals surface area (Å²) in [5.41, 5.74) is 1.91. The smallest absolute Gasteiger partial charge is 0.221 e. The number of carbonyl (C=O) groups excluding carboxylic acids is 1. The Morgan fingerprint density at radius 2 is 2.38 bits per heavy atom. The van der Waals surface area contributed by atoms with Gasteiger partial charge in [0.2, 0.25) is 12.4 Å². The van der Waals surface area contributed by atoms with Gasteiger partial charge in [0, 0.05) is 6.42 Å². The fourth-order valence-corrected chi connectivity index (χ4v) is 1.14. The average molecular weight is 179 g/mol. The molecule has 0 fully saturated rings. The van der Waals surface area contributed by atoms with Crippen LogP contribution in [0.5, 0.6) is 0 Å². The van der Waals surface area contributed by atoms with Crippen LogP contribution in [-0.2, 0) is 11.2 Å². The van der Waals surface area contributed by atoms with E-state index >= 15 is 0 Å². The van der Waals surface area contributed by atoms with Gasteiger partial charge in [-0.25, -0.2) is 9.18 Å². The topological polar surface area (TPSA) is 29.4 Å². The minimum atomic E-state index is -1.47. The van der Waals surface area contributed by atoms with Crippen molar-refractivity contribution >= 4 is 6.08 Å². The van der Waals surface area contributed by atoms with Crippen molar-refractivity contribution in [3.63, 3.8) is 0 Å². The molecule has 0 bridgehead atoms. The van der Waals surface area contributed by atoms with E-state index in [1.54, 1.807) is 6.07 Å². The molecule has 0 aliphatic carbocycles. The number of rotatable bonds is 3. The lowest BCUT2D eigenvalue weighted by atomic mass is 10.1. The van der Waals surface area contributed by atoms with Crippen LogP contribution in [-0.4, -0.2) is 12.4 Å². The summed E-state index contributed by atoms with van der Waals surface area (Å²) < 4.78 is 12.8. The molecule has 3 heteroatoms. The van der Waals surface area contributed by atoms with Gasteiger partial charge in [-0.2, -0.15) is 4.99 Å². The summed E-state index contributed by atoms with van der Waals surface area (Å²) in [4.78, 5) is 12.7. The van der Waals surface area contributed by atoms with Gasteiger partial charge in [-0.05, 0) is 12.5 Å². The van der Waals surface area contributed by atoms with E-state index in [2.05, 4.69) is 4.99 Å². The Morgan fingerprint density at radius 3 is 3.00 bits per heavy atom. The van der Waals surface area contributed by atoms with Crippen LogP contribution < -0.4 is 0 Å². The van der Waals surface area contributed by atoms with Crippen LogP contribution in [0, 0.1) is 6.92 Å². The molecular formula is C10H10FNO. The van der Waals surface area contributed by atoms with E-state index in [1.165, 1.54) is 6.08 Å². The van der Waals surface area contributed by atoms with Gasteiger partial charge in [-0.3, -0.25) is 0 Å². The zero-order valence-corrected chi connectivity index (χ0v) is 7.33. The lowest BCUT2D eigenvalue weighted by Crippen LogP contribution is -2.00. The van der Waals surface area contributed by atoms with Crippen LogP contribution in [0.25, 0.3) is 0 Å². The fraction of sp³-hybridized carbons (Fsp3) is 0.300. The molecular weight excluding hydrogens is 169 g/mol. The Kier molecular flexibility index (Phi) is 3.35. The lowest BCUT2D eigenvalue weighted by molar-refractivity contribution is 0.344. The number of hydrogen-bond donors (Lipinski definition) is 0. The van der Waals surface area contributed by atoms with Crippen LogP contribution >= 0.6 is 0 Å². The minimum Gasteiger partial charge on any atom is -0.221 e. The minimum absolute atomic E-state index is 0.136. The second-order valence-electron chi connectivity index (χ2n) is 2.85. The first-order valence-corrected chi connectivity index (χ1v) is 3.99. The predicted octanol–water partition coefficient (Wildman–Crippen LogP) is 2.17. The highest BCUT2D eigenvalue weighted by Crippen LogP contribution is 2.08. The van der Waals surface area contributed by atoms with Crippen LogP contribution in [0.2, 0.25) is 0 Å². The number of alkyl halides is 1. The van der Waals surface area contributed by atoms with Crippen molar-refractivity contribution in [2.45, 2.75) is 19.6 Å². The Hall–Kier alpha value is -1.47. The Balaban J connectivity index is 2.68. The third-order valence-corrected chi connectivity index (χ3v) is 1.68. The van der Waals surface area contributed by atoms with E-state index in [0.29, 0.717) is 0 Å². The molecule has 1 atom stereocenters. The van der Waals surface area contributed by atoms with Crippen molar-refractivity contribution in [2.75, 3.05) is 0 Å². The Bertz CT molecular complexity index is 331. The molecule has 0 saturated carbocycles. The van der Waals surface area contributed by atoms with Gasteiger partial charge in [0.05, 0.1) is 0 Å². The fourth-order valence-electron chi connectivity index (χ4n) is 1.14. The SMILES string of the molecule is Cc1cccc(CC(F)N=C=O)c1. The number of halogens is 1. The second kappa shape index (κ2) is 4.53. The number of aliphatic imine (C=N–C) groups is 1. The van der Waals surface area contributed by atoms with E-state index in [9.17, 15) is 9.18 Å². The van der Waals surface area contributed by atoms with Gasteiger partial charge in [0.1, 0.15) is 0 Å². The summed E-state index contributed by atoms with van der Waals surface area (Å²) in [6.07, 6.45) is -0.135. The molecule has 0 aliphatic rings. The number of aryl methyl sites for hydroxylation is 1. The summed E-state index contributed by atoms with van der Waals surface area (Å²) in [5.74, 6) is 0. The second-order valence-corrected chi connectivity index (χ2v) is 2.85. The van der Waals surface area contributed by atoms with Crippen molar-refractivity contribution in [1.82, 2.24) is 0 Å². The van der Waals surface area contributed by atoms with Crippen molar-refractivity contribution < 1.29 is 9.18 Å². The molecule has 1 aromatic rings.